The maximum atomic E-state index is 13.9. The predicted octanol–water partition coefficient (Wildman–Crippen LogP) is 2.52. The fourth-order valence-corrected chi connectivity index (χ4v) is 3.26. The molecule has 0 radical (unpaired) electrons. The quantitative estimate of drug-likeness (QED) is 0.936. The number of carboxylic acid groups (broad SMARTS) is 1. The predicted molar refractivity (Wildman–Crippen MR) is 89.1 cm³/mol. The van der Waals surface area contributed by atoms with Crippen molar-refractivity contribution in [3.63, 3.8) is 0 Å². The number of aromatic nitrogens is 1. The molecule has 0 bridgehead atoms. The van der Waals surface area contributed by atoms with Gasteiger partial charge < -0.3 is 14.6 Å². The zero-order chi connectivity index (χ0) is 17.3. The van der Waals surface area contributed by atoms with Crippen LogP contribution in [0.2, 0.25) is 0 Å². The summed E-state index contributed by atoms with van der Waals surface area (Å²) in [5, 5.41) is 9.19. The molecule has 3 rings (SSSR count). The number of carbonyl (C=O) groups is 1. The summed E-state index contributed by atoms with van der Waals surface area (Å²) in [6.45, 7) is 3.41. The molecule has 0 spiro atoms. The van der Waals surface area contributed by atoms with E-state index in [0.29, 0.717) is 24.3 Å². The first kappa shape index (κ1) is 16.2. The lowest BCUT2D eigenvalue weighted by atomic mass is 10.1. The molecule has 1 aromatic heterocycles. The van der Waals surface area contributed by atoms with Gasteiger partial charge in [0.1, 0.15) is 11.4 Å². The molecular formula is C18H19FN2O3. The lowest BCUT2D eigenvalue weighted by molar-refractivity contribution is 0.0693. The van der Waals surface area contributed by atoms with Crippen molar-refractivity contribution in [2.24, 2.45) is 5.92 Å². The van der Waals surface area contributed by atoms with E-state index in [2.05, 4.69) is 0 Å². The Kier molecular flexibility index (Phi) is 4.38. The molecular weight excluding hydrogens is 311 g/mol. The van der Waals surface area contributed by atoms with E-state index in [1.165, 1.54) is 10.6 Å². The summed E-state index contributed by atoms with van der Waals surface area (Å²) in [6, 6.07) is 8.29. The first-order valence-corrected chi connectivity index (χ1v) is 7.90. The van der Waals surface area contributed by atoms with Gasteiger partial charge in [-0.25, -0.2) is 9.18 Å². The number of halogens is 1. The molecule has 0 saturated carbocycles. The highest BCUT2D eigenvalue weighted by atomic mass is 19.1. The minimum Gasteiger partial charge on any atom is -0.477 e. The lowest BCUT2D eigenvalue weighted by Crippen LogP contribution is -2.30. The number of carboxylic acids is 1. The molecule has 1 unspecified atom stereocenters. The first-order valence-electron chi connectivity index (χ1n) is 7.90. The van der Waals surface area contributed by atoms with Crippen LogP contribution < -0.4 is 10.5 Å². The Labute approximate surface area is 139 Å². The Bertz CT molecular complexity index is 831. The summed E-state index contributed by atoms with van der Waals surface area (Å²) in [5.41, 5.74) is 0.374. The summed E-state index contributed by atoms with van der Waals surface area (Å²) in [4.78, 5) is 25.5. The van der Waals surface area contributed by atoms with Crippen molar-refractivity contribution in [3.05, 3.63) is 63.8 Å². The third kappa shape index (κ3) is 3.04. The average Bonchev–Trinajstić information content (AvgIpc) is 2.99. The van der Waals surface area contributed by atoms with Gasteiger partial charge in [0, 0.05) is 25.8 Å². The van der Waals surface area contributed by atoms with Crippen LogP contribution in [0.3, 0.4) is 0 Å². The van der Waals surface area contributed by atoms with Gasteiger partial charge in [-0.2, -0.15) is 0 Å². The monoisotopic (exact) mass is 330 g/mol. The molecule has 5 nitrogen and oxygen atoms in total. The third-order valence-electron chi connectivity index (χ3n) is 4.52. The normalized spacial score (nSPS) is 17.2. The molecule has 126 valence electrons. The second-order valence-electron chi connectivity index (χ2n) is 6.19. The van der Waals surface area contributed by atoms with Crippen molar-refractivity contribution in [2.45, 2.75) is 19.9 Å². The molecule has 1 aliphatic heterocycles. The fourth-order valence-electron chi connectivity index (χ4n) is 3.26. The van der Waals surface area contributed by atoms with Crippen molar-refractivity contribution in [1.29, 1.82) is 0 Å². The highest BCUT2D eigenvalue weighted by Gasteiger charge is 2.25. The van der Waals surface area contributed by atoms with Crippen LogP contribution in [0.4, 0.5) is 10.1 Å². The van der Waals surface area contributed by atoms with Crippen molar-refractivity contribution in [3.8, 4) is 0 Å². The van der Waals surface area contributed by atoms with Crippen LogP contribution in [0.1, 0.15) is 22.3 Å². The molecule has 24 heavy (non-hydrogen) atoms. The van der Waals surface area contributed by atoms with Crippen LogP contribution in [-0.2, 0) is 6.54 Å². The number of hydrogen-bond donors (Lipinski definition) is 1. The Balaban J connectivity index is 1.77. The number of aromatic carboxylic acids is 1. The number of pyridine rings is 1. The van der Waals surface area contributed by atoms with Gasteiger partial charge in [-0.05, 0) is 43.0 Å². The van der Waals surface area contributed by atoms with Crippen molar-refractivity contribution in [1.82, 2.24) is 4.57 Å². The summed E-state index contributed by atoms with van der Waals surface area (Å²) in [7, 11) is 0. The molecule has 1 aromatic carbocycles. The zero-order valence-corrected chi connectivity index (χ0v) is 13.4. The molecule has 1 saturated heterocycles. The van der Waals surface area contributed by atoms with E-state index in [1.807, 2.05) is 4.90 Å². The molecule has 1 N–H and O–H groups in total. The SMILES string of the molecule is Cc1ccn(CC2CCN(c3ccccc3F)C2)c(=O)c1C(=O)O. The molecule has 1 aliphatic rings. The molecule has 0 aliphatic carbocycles. The maximum absolute atomic E-state index is 13.9. The number of nitrogens with zero attached hydrogens (tertiary/aromatic N) is 2. The van der Waals surface area contributed by atoms with E-state index >= 15 is 0 Å². The molecule has 1 atom stereocenters. The largest absolute Gasteiger partial charge is 0.477 e. The van der Waals surface area contributed by atoms with Crippen LogP contribution in [0.25, 0.3) is 0 Å². The van der Waals surface area contributed by atoms with Crippen molar-refractivity contribution < 1.29 is 14.3 Å². The second-order valence-corrected chi connectivity index (χ2v) is 6.19. The second kappa shape index (κ2) is 6.47. The van der Waals surface area contributed by atoms with Gasteiger partial charge in [-0.3, -0.25) is 4.79 Å². The van der Waals surface area contributed by atoms with Crippen LogP contribution in [0.15, 0.2) is 41.3 Å². The number of benzene rings is 1. The molecule has 6 heteroatoms. The van der Waals surface area contributed by atoms with Crippen molar-refractivity contribution >= 4 is 11.7 Å². The van der Waals surface area contributed by atoms with E-state index in [0.717, 1.165) is 13.0 Å². The summed E-state index contributed by atoms with van der Waals surface area (Å²) in [6.07, 6.45) is 2.47. The van der Waals surface area contributed by atoms with Gasteiger partial charge in [0.05, 0.1) is 5.69 Å². The highest BCUT2D eigenvalue weighted by molar-refractivity contribution is 5.88. The van der Waals surface area contributed by atoms with Crippen LogP contribution in [0, 0.1) is 18.7 Å². The molecule has 2 aromatic rings. The van der Waals surface area contributed by atoms with Gasteiger partial charge in [0.2, 0.25) is 0 Å². The standard InChI is InChI=1S/C18H19FN2O3/c1-12-6-8-21(17(22)16(12)18(23)24)11-13-7-9-20(10-13)15-5-3-2-4-14(15)19/h2-6,8,13H,7,9-11H2,1H3,(H,23,24). The van der Waals surface area contributed by atoms with E-state index < -0.39 is 11.5 Å². The summed E-state index contributed by atoms with van der Waals surface area (Å²) < 4.78 is 15.3. The number of aryl methyl sites for hydroxylation is 1. The van der Waals surface area contributed by atoms with Crippen LogP contribution in [0.5, 0.6) is 0 Å². The van der Waals surface area contributed by atoms with Crippen molar-refractivity contribution in [2.75, 3.05) is 18.0 Å². The maximum Gasteiger partial charge on any atom is 0.341 e. The van der Waals surface area contributed by atoms with Gasteiger partial charge in [0.15, 0.2) is 0 Å². The molecule has 1 fully saturated rings. The third-order valence-corrected chi connectivity index (χ3v) is 4.52. The van der Waals surface area contributed by atoms with Gasteiger partial charge in [-0.15, -0.1) is 0 Å². The number of rotatable bonds is 4. The van der Waals surface area contributed by atoms with E-state index in [9.17, 15) is 19.1 Å². The van der Waals surface area contributed by atoms with Gasteiger partial charge in [-0.1, -0.05) is 12.1 Å². The minimum absolute atomic E-state index is 0.173. The van der Waals surface area contributed by atoms with Gasteiger partial charge in [0.25, 0.3) is 5.56 Å². The average molecular weight is 330 g/mol. The lowest BCUT2D eigenvalue weighted by Gasteiger charge is -2.19. The van der Waals surface area contributed by atoms with Crippen LogP contribution in [-0.4, -0.2) is 28.7 Å². The summed E-state index contributed by atoms with van der Waals surface area (Å²) in [5.74, 6) is -1.28. The number of anilines is 1. The Hall–Kier alpha value is -2.63. The number of para-hydroxylation sites is 1. The Morgan fingerprint density at radius 2 is 2.08 bits per heavy atom. The zero-order valence-electron chi connectivity index (χ0n) is 13.4. The molecule has 0 amide bonds. The topological polar surface area (TPSA) is 62.5 Å². The summed E-state index contributed by atoms with van der Waals surface area (Å²) >= 11 is 0. The highest BCUT2D eigenvalue weighted by Crippen LogP contribution is 2.26. The van der Waals surface area contributed by atoms with Gasteiger partial charge >= 0.3 is 5.97 Å². The fraction of sp³-hybridized carbons (Fsp3) is 0.333. The first-order chi connectivity index (χ1) is 11.5. The Morgan fingerprint density at radius 1 is 1.33 bits per heavy atom. The minimum atomic E-state index is -1.20. The van der Waals surface area contributed by atoms with E-state index in [-0.39, 0.29) is 17.3 Å². The number of hydrogen-bond acceptors (Lipinski definition) is 3. The van der Waals surface area contributed by atoms with Crippen LogP contribution >= 0.6 is 0 Å². The molecule has 2 heterocycles. The Morgan fingerprint density at radius 3 is 2.79 bits per heavy atom. The van der Waals surface area contributed by atoms with E-state index in [4.69, 9.17) is 0 Å². The van der Waals surface area contributed by atoms with E-state index in [1.54, 1.807) is 37.4 Å². The smallest absolute Gasteiger partial charge is 0.341 e.